The molecule has 0 bridgehead atoms. The number of nitrogens with zero attached hydrogens (tertiary/aromatic N) is 1. The number of ether oxygens (including phenoxy) is 1. The van der Waals surface area contributed by atoms with E-state index in [4.69, 9.17) is 11.3 Å². The summed E-state index contributed by atoms with van der Waals surface area (Å²) in [6.07, 6.45) is 0. The summed E-state index contributed by atoms with van der Waals surface area (Å²) in [5.74, 6) is 0.909. The molecule has 32 aromatic rings. The Balaban J connectivity index is 0.0000000941. The zero-order valence-electron chi connectivity index (χ0n) is 82.6. The first kappa shape index (κ1) is 88.7. The monoisotopic (exact) mass is 1980 g/mol. The maximum absolute atomic E-state index is 7.65. The van der Waals surface area contributed by atoms with Gasteiger partial charge in [-0.3, -0.25) is 0 Å². The van der Waals surface area contributed by atoms with Gasteiger partial charge in [-0.25, -0.2) is 4.85 Å². The Morgan fingerprint density at radius 2 is 0.500 bits per heavy atom. The lowest BCUT2D eigenvalue weighted by Gasteiger charge is -2.26. The number of thiophene rings is 4. The smallest absolute Gasteiger partial charge is 0.187 e. The van der Waals surface area contributed by atoms with Gasteiger partial charge in [0.1, 0.15) is 5.75 Å². The average Bonchev–Trinajstić information content (AvgIpc) is 1.70. The molecular weight excluding hydrogens is 1890 g/mol. The second kappa shape index (κ2) is 35.5. The minimum atomic E-state index is 0.0203. The van der Waals surface area contributed by atoms with E-state index in [0.717, 1.165) is 21.9 Å². The highest BCUT2D eigenvalue weighted by Crippen LogP contribution is 2.56. The van der Waals surface area contributed by atoms with Crippen molar-refractivity contribution in [3.63, 3.8) is 0 Å². The predicted octanol–water partition coefficient (Wildman–Crippen LogP) is 43.7. The van der Waals surface area contributed by atoms with Crippen molar-refractivity contribution in [2.75, 3.05) is 7.11 Å². The van der Waals surface area contributed by atoms with Crippen molar-refractivity contribution >= 4 is 293 Å². The van der Waals surface area contributed by atoms with Crippen LogP contribution in [0.2, 0.25) is 0 Å². The molecule has 0 fully saturated rings. The van der Waals surface area contributed by atoms with Gasteiger partial charge >= 0.3 is 0 Å². The Morgan fingerprint density at radius 1 is 0.193 bits per heavy atom. The van der Waals surface area contributed by atoms with Gasteiger partial charge in [0.05, 0.1) is 13.7 Å². The van der Waals surface area contributed by atoms with Crippen LogP contribution in [0.1, 0.15) is 26.3 Å². The van der Waals surface area contributed by atoms with Crippen molar-refractivity contribution in [1.29, 1.82) is 0 Å². The lowest BCUT2D eigenvalue weighted by atomic mass is 9.77. The third-order valence-electron chi connectivity index (χ3n) is 31.4. The van der Waals surface area contributed by atoms with Crippen LogP contribution in [0.5, 0.6) is 5.75 Å². The number of fused-ring (bicyclic) bond motifs is 37. The van der Waals surface area contributed by atoms with E-state index < -0.39 is 0 Å². The van der Waals surface area contributed by atoms with Crippen molar-refractivity contribution in [3.05, 3.63) is 496 Å². The lowest BCUT2D eigenvalue weighted by molar-refractivity contribution is 0.420. The summed E-state index contributed by atoms with van der Waals surface area (Å²) < 4.78 is 16.4. The quantitative estimate of drug-likeness (QED) is 0.0919. The summed E-state index contributed by atoms with van der Waals surface area (Å²) in [5, 5.41) is 49.1. The van der Waals surface area contributed by atoms with E-state index >= 15 is 0 Å². The van der Waals surface area contributed by atoms with Crippen molar-refractivity contribution in [2.24, 2.45) is 0 Å². The van der Waals surface area contributed by atoms with Gasteiger partial charge in [0.15, 0.2) is 5.69 Å². The van der Waals surface area contributed by atoms with Crippen LogP contribution in [-0.4, -0.2) is 7.11 Å². The van der Waals surface area contributed by atoms with Crippen molar-refractivity contribution in [2.45, 2.75) is 26.2 Å². The second-order valence-electron chi connectivity index (χ2n) is 40.6. The van der Waals surface area contributed by atoms with Gasteiger partial charge in [0.25, 0.3) is 0 Å². The maximum atomic E-state index is 7.65. The fourth-order valence-electron chi connectivity index (χ4n) is 24.9. The molecule has 2 nitrogen and oxygen atoms in total. The molecule has 0 amide bonds. The van der Waals surface area contributed by atoms with Crippen molar-refractivity contribution in [3.8, 4) is 61.4 Å². The Labute approximate surface area is 881 Å². The fraction of sp³-hybridized carbons (Fsp3) is 0.0347. The fourth-order valence-corrected chi connectivity index (χ4v) is 29.9. The first-order valence-electron chi connectivity index (χ1n) is 51.4. The number of methoxy groups -OCH3 is 1. The van der Waals surface area contributed by atoms with E-state index in [1.807, 2.05) is 51.4 Å². The molecule has 28 aromatic carbocycles. The van der Waals surface area contributed by atoms with Gasteiger partial charge in [-0.15, -0.1) is 45.3 Å². The largest absolute Gasteiger partial charge is 0.496 e. The van der Waals surface area contributed by atoms with Gasteiger partial charge in [-0.05, 0) is 274 Å². The van der Waals surface area contributed by atoms with Crippen LogP contribution in [-0.2, 0) is 5.41 Å². The first-order chi connectivity index (χ1) is 74.0. The van der Waals surface area contributed by atoms with Crippen molar-refractivity contribution in [1.82, 2.24) is 0 Å². The molecule has 6 heteroatoms. The van der Waals surface area contributed by atoms with Gasteiger partial charge < -0.3 is 4.74 Å². The normalized spacial score (nSPS) is 12.0. The van der Waals surface area contributed by atoms with Crippen LogP contribution in [0.3, 0.4) is 0 Å². The molecule has 0 N–H and O–H groups in total. The van der Waals surface area contributed by atoms with Crippen LogP contribution < -0.4 is 4.74 Å². The Hall–Kier alpha value is -17.8. The minimum Gasteiger partial charge on any atom is -0.496 e. The Bertz CT molecular complexity index is 11300. The van der Waals surface area contributed by atoms with Gasteiger partial charge in [0.2, 0.25) is 0 Å². The first-order valence-corrected chi connectivity index (χ1v) is 54.6. The molecule has 0 atom stereocenters. The highest BCUT2D eigenvalue weighted by molar-refractivity contribution is 7.28. The predicted molar refractivity (Wildman–Crippen MR) is 659 cm³/mol. The number of hydrogen-bond donors (Lipinski definition) is 0. The van der Waals surface area contributed by atoms with Crippen LogP contribution in [0.15, 0.2) is 479 Å². The van der Waals surface area contributed by atoms with Gasteiger partial charge in [0, 0.05) is 108 Å². The van der Waals surface area contributed by atoms with E-state index in [9.17, 15) is 0 Å². The van der Waals surface area contributed by atoms with Crippen LogP contribution in [0.25, 0.3) is 303 Å². The number of hydrogen-bond acceptors (Lipinski definition) is 5. The van der Waals surface area contributed by atoms with E-state index in [1.165, 1.54) is 287 Å². The molecule has 0 aliphatic carbocycles. The molecule has 0 spiro atoms. The summed E-state index contributed by atoms with van der Waals surface area (Å²) in [6, 6.07) is 175. The SMILES string of the molecule is CC(C)(C)c1c2ccccc2c(-c2cc3ccccc3c3c2ccc2c4ccccc4sc23)c2ccccc12.COc1ccc(-c2cc3ccccc3c3c2ccc2c4ccccc4sc23)c2ccccc12.[C-]#[N+]c1ccc2cc(-c3cc4ccccc4c4ccccc34)c3ccc4c5ccccc5sc4c3c2c1.c1ccc(-c2cccc3c2cc(-c2cc4ccccc4c4ccccc24)c2ccc4c5ccccc5sc4c23)cc1. The molecule has 0 radical (unpaired) electrons. The molecule has 32 rings (SSSR count). The zero-order chi connectivity index (χ0) is 99.7. The minimum absolute atomic E-state index is 0.0203. The van der Waals surface area contributed by atoms with Crippen LogP contribution >= 0.6 is 45.3 Å². The Kier molecular flexibility index (Phi) is 21.0. The van der Waals surface area contributed by atoms with Gasteiger partial charge in [-0.2, -0.15) is 0 Å². The second-order valence-corrected chi connectivity index (χ2v) is 44.8. The van der Waals surface area contributed by atoms with E-state index in [1.54, 1.807) is 7.11 Å². The molecule has 150 heavy (non-hydrogen) atoms. The summed E-state index contributed by atoms with van der Waals surface area (Å²) in [7, 11) is 1.74. The van der Waals surface area contributed by atoms with E-state index in [-0.39, 0.29) is 5.41 Å². The lowest BCUT2D eigenvalue weighted by Crippen LogP contribution is -2.13. The molecule has 0 aliphatic heterocycles. The summed E-state index contributed by atoms with van der Waals surface area (Å²) in [5.41, 5.74) is 14.9. The molecule has 4 aromatic heterocycles. The standard InChI is InChI=1S/C40H24S.C38H28S.C35H19NS.C31H20OS/c1-2-11-25(12-3-1)27-18-10-19-32-36(27)24-37(33-21-22-34-31-17-8-9-20-38(31)41-40(34)39(32)33)35-23-26-13-4-5-14-28(26)29-15-6-7-16-30(29)35;1-38(2,3)36-29-17-8-6-15-26(29)34(27-16-7-9-18-30(27)36)32-22-23-12-4-5-13-24(23)35-28(32)20-21-31-25-14-10-11-19-33(25)39-37(31)35;1-36-23-15-14-22-19-32(31-18-21-8-2-3-9-24(21)25-10-4-5-11-26(25)31)28-16-17-29-27-12-6-7-13-33(27)37-35(29)34(28)30(22)20-23;1-32-28-17-16-22(21-10-4-5-11-23(21)28)27-18-19-8-2-3-9-20(19)30-25(27)14-15-26-24-12-6-7-13-29(24)33-31(26)30/h1-24H;4-22H,1-3H3;2-20H;2-18H,1H3. The van der Waals surface area contributed by atoms with Crippen LogP contribution in [0, 0.1) is 6.57 Å². The number of benzene rings is 28. The molecule has 0 unspecified atom stereocenters. The highest BCUT2D eigenvalue weighted by atomic mass is 32.1. The summed E-state index contributed by atoms with van der Waals surface area (Å²) in [6.45, 7) is 14.7. The molecule has 702 valence electrons. The van der Waals surface area contributed by atoms with Crippen LogP contribution in [0.4, 0.5) is 5.69 Å². The maximum Gasteiger partial charge on any atom is 0.187 e. The van der Waals surface area contributed by atoms with Crippen molar-refractivity contribution < 1.29 is 4.74 Å². The third kappa shape index (κ3) is 14.2. The topological polar surface area (TPSA) is 13.6 Å². The average molecular weight is 1980 g/mol. The van der Waals surface area contributed by atoms with E-state index in [2.05, 4.69) is 499 Å². The molecule has 0 saturated carbocycles. The molecule has 4 heterocycles. The number of rotatable bonds is 6. The third-order valence-corrected chi connectivity index (χ3v) is 36.2. The Morgan fingerprint density at radius 3 is 0.933 bits per heavy atom. The summed E-state index contributed by atoms with van der Waals surface area (Å²) in [4.78, 5) is 3.76. The van der Waals surface area contributed by atoms with Gasteiger partial charge in [-0.1, -0.05) is 427 Å². The molecule has 0 aliphatic rings. The molecular formula is C144H91NOS4. The summed E-state index contributed by atoms with van der Waals surface area (Å²) >= 11 is 7.59. The highest BCUT2D eigenvalue weighted by Gasteiger charge is 2.29. The zero-order valence-corrected chi connectivity index (χ0v) is 85.9. The van der Waals surface area contributed by atoms with E-state index in [0.29, 0.717) is 5.69 Å². The molecule has 0 saturated heterocycles.